The zero-order valence-corrected chi connectivity index (χ0v) is 8.36. The lowest BCUT2D eigenvalue weighted by atomic mass is 10.4. The number of furan rings is 1. The quantitative estimate of drug-likeness (QED) is 0.714. The first-order valence-corrected chi connectivity index (χ1v) is 4.97. The van der Waals surface area contributed by atoms with Crippen LogP contribution >= 0.6 is 11.8 Å². The third-order valence-electron chi connectivity index (χ3n) is 1.43. The standard InChI is InChI=1S/C9H14NOS/c1-10(2)6-8-4-5-9(11-8)7-12-3/h4-5H,3,6-7H2,1-2H3. The van der Waals surface area contributed by atoms with Gasteiger partial charge in [0.25, 0.3) is 0 Å². The molecule has 1 aromatic rings. The smallest absolute Gasteiger partial charge is 0.118 e. The van der Waals surface area contributed by atoms with Gasteiger partial charge in [-0.2, -0.15) is 11.8 Å². The average Bonchev–Trinajstić information content (AvgIpc) is 2.36. The minimum atomic E-state index is 0.855. The third kappa shape index (κ3) is 2.91. The first-order valence-electron chi connectivity index (χ1n) is 3.81. The Bertz CT molecular complexity index is 232. The third-order valence-corrected chi connectivity index (χ3v) is 1.92. The normalized spacial score (nSPS) is 11.0. The molecule has 0 spiro atoms. The molecule has 0 fully saturated rings. The van der Waals surface area contributed by atoms with Crippen LogP contribution in [0.25, 0.3) is 0 Å². The lowest BCUT2D eigenvalue weighted by Gasteiger charge is -2.05. The molecule has 0 N–H and O–H groups in total. The van der Waals surface area contributed by atoms with Crippen molar-refractivity contribution >= 4 is 11.8 Å². The number of thioether (sulfide) groups is 1. The highest BCUT2D eigenvalue weighted by Crippen LogP contribution is 2.14. The molecule has 1 aromatic heterocycles. The van der Waals surface area contributed by atoms with Gasteiger partial charge in [0.1, 0.15) is 11.5 Å². The fourth-order valence-corrected chi connectivity index (χ4v) is 1.35. The van der Waals surface area contributed by atoms with Crippen molar-refractivity contribution in [3.05, 3.63) is 29.9 Å². The van der Waals surface area contributed by atoms with Crippen LogP contribution in [0.3, 0.4) is 0 Å². The van der Waals surface area contributed by atoms with Crippen LogP contribution in [0.2, 0.25) is 0 Å². The largest absolute Gasteiger partial charge is 0.464 e. The van der Waals surface area contributed by atoms with Crippen LogP contribution in [0, 0.1) is 6.26 Å². The van der Waals surface area contributed by atoms with Crippen LogP contribution in [0.15, 0.2) is 16.5 Å². The summed E-state index contributed by atoms with van der Waals surface area (Å²) in [6.07, 6.45) is 3.70. The van der Waals surface area contributed by atoms with Gasteiger partial charge in [-0.1, -0.05) is 0 Å². The minimum absolute atomic E-state index is 0.855. The highest BCUT2D eigenvalue weighted by Gasteiger charge is 2.01. The van der Waals surface area contributed by atoms with Gasteiger partial charge in [0, 0.05) is 6.26 Å². The minimum Gasteiger partial charge on any atom is -0.464 e. The van der Waals surface area contributed by atoms with Crippen LogP contribution in [0.4, 0.5) is 0 Å². The Labute approximate surface area is 77.9 Å². The van der Waals surface area contributed by atoms with E-state index in [-0.39, 0.29) is 0 Å². The van der Waals surface area contributed by atoms with Gasteiger partial charge in [-0.3, -0.25) is 0 Å². The summed E-state index contributed by atoms with van der Waals surface area (Å²) in [6.45, 7) is 0.863. The van der Waals surface area contributed by atoms with E-state index >= 15 is 0 Å². The van der Waals surface area contributed by atoms with Gasteiger partial charge in [-0.15, -0.1) is 0 Å². The molecule has 0 saturated heterocycles. The molecule has 0 aromatic carbocycles. The summed E-state index contributed by atoms with van der Waals surface area (Å²) in [4.78, 5) is 2.08. The van der Waals surface area contributed by atoms with Crippen molar-refractivity contribution in [1.29, 1.82) is 0 Å². The second-order valence-electron chi connectivity index (χ2n) is 2.95. The van der Waals surface area contributed by atoms with Crippen molar-refractivity contribution in [2.24, 2.45) is 0 Å². The number of hydrogen-bond donors (Lipinski definition) is 0. The maximum atomic E-state index is 5.53. The van der Waals surface area contributed by atoms with Crippen LogP contribution in [-0.2, 0) is 12.3 Å². The molecule has 0 amide bonds. The Morgan fingerprint density at radius 1 is 1.42 bits per heavy atom. The number of rotatable bonds is 4. The first kappa shape index (κ1) is 9.68. The topological polar surface area (TPSA) is 16.4 Å². The molecule has 1 rings (SSSR count). The van der Waals surface area contributed by atoms with Crippen LogP contribution in [-0.4, -0.2) is 19.0 Å². The summed E-state index contributed by atoms with van der Waals surface area (Å²) < 4.78 is 5.53. The van der Waals surface area contributed by atoms with Crippen molar-refractivity contribution in [1.82, 2.24) is 4.90 Å². The van der Waals surface area contributed by atoms with Crippen molar-refractivity contribution in [3.8, 4) is 0 Å². The molecule has 0 aliphatic carbocycles. The zero-order valence-electron chi connectivity index (χ0n) is 7.54. The fraction of sp³-hybridized carbons (Fsp3) is 0.444. The summed E-state index contributed by atoms with van der Waals surface area (Å²) in [5.74, 6) is 2.88. The fourth-order valence-electron chi connectivity index (χ4n) is 0.997. The molecule has 1 radical (unpaired) electrons. The van der Waals surface area contributed by atoms with Crippen LogP contribution in [0.1, 0.15) is 11.5 Å². The average molecular weight is 184 g/mol. The van der Waals surface area contributed by atoms with Gasteiger partial charge in [0.2, 0.25) is 0 Å². The SMILES string of the molecule is [CH2]SCc1ccc(CN(C)C)o1. The summed E-state index contributed by atoms with van der Waals surface area (Å²) >= 11 is 1.53. The monoisotopic (exact) mass is 184 g/mol. The summed E-state index contributed by atoms with van der Waals surface area (Å²) in [5.41, 5.74) is 0. The number of hydrogen-bond acceptors (Lipinski definition) is 3. The molecular weight excluding hydrogens is 170 g/mol. The summed E-state index contributed by atoms with van der Waals surface area (Å²) in [6, 6.07) is 4.03. The molecule has 3 heteroatoms. The van der Waals surface area contributed by atoms with Gasteiger partial charge >= 0.3 is 0 Å². The van der Waals surface area contributed by atoms with Crippen molar-refractivity contribution in [3.63, 3.8) is 0 Å². The lowest BCUT2D eigenvalue weighted by Crippen LogP contribution is -2.09. The predicted octanol–water partition coefficient (Wildman–Crippen LogP) is 2.37. The van der Waals surface area contributed by atoms with Gasteiger partial charge in [0.05, 0.1) is 12.3 Å². The molecule has 0 aliphatic rings. The van der Waals surface area contributed by atoms with E-state index in [0.29, 0.717) is 0 Å². The molecule has 12 heavy (non-hydrogen) atoms. The Hall–Kier alpha value is -0.410. The van der Waals surface area contributed by atoms with E-state index in [1.54, 1.807) is 0 Å². The van der Waals surface area contributed by atoms with Crippen LogP contribution in [0.5, 0.6) is 0 Å². The van der Waals surface area contributed by atoms with E-state index in [4.69, 9.17) is 4.42 Å². The van der Waals surface area contributed by atoms with Crippen LogP contribution < -0.4 is 0 Å². The van der Waals surface area contributed by atoms with Gasteiger partial charge < -0.3 is 9.32 Å². The van der Waals surface area contributed by atoms with E-state index in [1.165, 1.54) is 11.8 Å². The Morgan fingerprint density at radius 2 is 2.08 bits per heavy atom. The maximum Gasteiger partial charge on any atom is 0.118 e. The molecule has 67 valence electrons. The van der Waals surface area contributed by atoms with Gasteiger partial charge in [-0.25, -0.2) is 0 Å². The highest BCUT2D eigenvalue weighted by atomic mass is 32.2. The summed E-state index contributed by atoms with van der Waals surface area (Å²) in [5, 5.41) is 0. The van der Waals surface area contributed by atoms with E-state index in [0.717, 1.165) is 23.8 Å². The van der Waals surface area contributed by atoms with Crippen molar-refractivity contribution in [2.45, 2.75) is 12.3 Å². The first-order chi connectivity index (χ1) is 5.72. The Morgan fingerprint density at radius 3 is 2.67 bits per heavy atom. The molecule has 0 unspecified atom stereocenters. The molecule has 0 saturated carbocycles. The van der Waals surface area contributed by atoms with Crippen molar-refractivity contribution in [2.75, 3.05) is 14.1 Å². The zero-order chi connectivity index (χ0) is 8.97. The van der Waals surface area contributed by atoms with E-state index in [9.17, 15) is 0 Å². The Kier molecular flexibility index (Phi) is 3.69. The van der Waals surface area contributed by atoms with Gasteiger partial charge in [0.15, 0.2) is 0 Å². The highest BCUT2D eigenvalue weighted by molar-refractivity contribution is 7.99. The second kappa shape index (κ2) is 4.58. The van der Waals surface area contributed by atoms with E-state index in [2.05, 4.69) is 11.2 Å². The lowest BCUT2D eigenvalue weighted by molar-refractivity contribution is 0.344. The summed E-state index contributed by atoms with van der Waals surface area (Å²) in [7, 11) is 4.05. The van der Waals surface area contributed by atoms with E-state index < -0.39 is 0 Å². The number of nitrogens with zero attached hydrogens (tertiary/aromatic N) is 1. The second-order valence-corrected chi connectivity index (χ2v) is 3.65. The molecule has 0 aliphatic heterocycles. The molecular formula is C9H14NOS. The molecule has 0 bridgehead atoms. The van der Waals surface area contributed by atoms with Crippen molar-refractivity contribution < 1.29 is 4.42 Å². The van der Waals surface area contributed by atoms with Gasteiger partial charge in [-0.05, 0) is 26.2 Å². The van der Waals surface area contributed by atoms with E-state index in [1.807, 2.05) is 26.2 Å². The molecule has 0 atom stereocenters. The Balaban J connectivity index is 2.52. The predicted molar refractivity (Wildman–Crippen MR) is 52.8 cm³/mol. The molecule has 1 heterocycles. The molecule has 2 nitrogen and oxygen atoms in total. The maximum absolute atomic E-state index is 5.53.